The summed E-state index contributed by atoms with van der Waals surface area (Å²) in [4.78, 5) is 4.73. The van der Waals surface area contributed by atoms with Crippen LogP contribution >= 0.6 is 0 Å². The minimum absolute atomic E-state index is 0.0543. The number of benzene rings is 2. The molecule has 140 valence electrons. The number of anilines is 1. The van der Waals surface area contributed by atoms with Crippen molar-refractivity contribution >= 4 is 15.7 Å². The number of aromatic nitrogens is 2. The van der Waals surface area contributed by atoms with Gasteiger partial charge in [0.15, 0.2) is 0 Å². The van der Waals surface area contributed by atoms with Gasteiger partial charge in [-0.3, -0.25) is 4.72 Å². The van der Waals surface area contributed by atoms with Crippen molar-refractivity contribution < 1.29 is 8.42 Å². The molecule has 4 rings (SSSR count). The van der Waals surface area contributed by atoms with Crippen molar-refractivity contribution in [2.75, 3.05) is 4.72 Å². The van der Waals surface area contributed by atoms with Crippen molar-refractivity contribution in [3.63, 3.8) is 0 Å². The normalized spacial score (nSPS) is 14.0. The standard InChI is InChI=1S/C21H23N3O2S/c1-16-9-11-17(12-10-16)15-27(25,26)23-19-7-3-2-6-18(19)20-14-24-13-5-4-8-21(24)22-20/h2-3,6-7,9-12,14,23H,4-5,8,13,15H2,1H3. The molecule has 1 aliphatic heterocycles. The summed E-state index contributed by atoms with van der Waals surface area (Å²) in [5, 5.41) is 0. The Hall–Kier alpha value is -2.60. The topological polar surface area (TPSA) is 64.0 Å². The smallest absolute Gasteiger partial charge is 0.236 e. The van der Waals surface area contributed by atoms with Crippen LogP contribution in [-0.2, 0) is 28.7 Å². The van der Waals surface area contributed by atoms with Crippen LogP contribution in [0.5, 0.6) is 0 Å². The first-order valence-electron chi connectivity index (χ1n) is 9.22. The van der Waals surface area contributed by atoms with Gasteiger partial charge in [-0.25, -0.2) is 13.4 Å². The summed E-state index contributed by atoms with van der Waals surface area (Å²) < 4.78 is 30.3. The fraction of sp³-hybridized carbons (Fsp3) is 0.286. The van der Waals surface area contributed by atoms with Gasteiger partial charge in [0.25, 0.3) is 0 Å². The van der Waals surface area contributed by atoms with Gasteiger partial charge in [-0.1, -0.05) is 48.0 Å². The van der Waals surface area contributed by atoms with Crippen LogP contribution in [0.15, 0.2) is 54.7 Å². The van der Waals surface area contributed by atoms with E-state index < -0.39 is 10.0 Å². The highest BCUT2D eigenvalue weighted by atomic mass is 32.2. The van der Waals surface area contributed by atoms with E-state index in [1.807, 2.05) is 55.6 Å². The predicted molar refractivity (Wildman–Crippen MR) is 108 cm³/mol. The zero-order valence-electron chi connectivity index (χ0n) is 15.4. The van der Waals surface area contributed by atoms with Crippen molar-refractivity contribution in [3.8, 4) is 11.3 Å². The largest absolute Gasteiger partial charge is 0.334 e. The minimum Gasteiger partial charge on any atom is -0.334 e. The zero-order valence-corrected chi connectivity index (χ0v) is 16.2. The molecule has 0 atom stereocenters. The SMILES string of the molecule is Cc1ccc(CS(=O)(=O)Nc2ccccc2-c2cn3c(n2)CCCC3)cc1. The third kappa shape index (κ3) is 4.06. The Labute approximate surface area is 160 Å². The number of fused-ring (bicyclic) bond motifs is 1. The van der Waals surface area contributed by atoms with Crippen LogP contribution in [0.1, 0.15) is 29.8 Å². The molecule has 0 spiro atoms. The maximum absolute atomic E-state index is 12.7. The second kappa shape index (κ2) is 7.19. The molecule has 1 aliphatic rings. The van der Waals surface area contributed by atoms with Crippen LogP contribution in [0, 0.1) is 6.92 Å². The lowest BCUT2D eigenvalue weighted by Gasteiger charge is -2.12. The van der Waals surface area contributed by atoms with E-state index in [1.165, 1.54) is 0 Å². The van der Waals surface area contributed by atoms with Crippen molar-refractivity contribution in [2.24, 2.45) is 0 Å². The predicted octanol–water partition coefficient (Wildman–Crippen LogP) is 4.14. The molecule has 3 aromatic rings. The van der Waals surface area contributed by atoms with E-state index in [1.54, 1.807) is 6.07 Å². The van der Waals surface area contributed by atoms with E-state index >= 15 is 0 Å². The second-order valence-electron chi connectivity index (χ2n) is 7.09. The summed E-state index contributed by atoms with van der Waals surface area (Å²) in [6, 6.07) is 15.0. The van der Waals surface area contributed by atoms with Crippen LogP contribution in [-0.4, -0.2) is 18.0 Å². The number of hydrogen-bond donors (Lipinski definition) is 1. The first kappa shape index (κ1) is 17.8. The van der Waals surface area contributed by atoms with Crippen molar-refractivity contribution in [2.45, 2.75) is 38.5 Å². The van der Waals surface area contributed by atoms with Gasteiger partial charge < -0.3 is 4.57 Å². The van der Waals surface area contributed by atoms with Crippen LogP contribution in [0.2, 0.25) is 0 Å². The fourth-order valence-corrected chi connectivity index (χ4v) is 4.66. The maximum Gasteiger partial charge on any atom is 0.236 e. The van der Waals surface area contributed by atoms with Crippen molar-refractivity contribution in [1.29, 1.82) is 0 Å². The number of aryl methyl sites for hydroxylation is 3. The molecule has 0 saturated heterocycles. The number of rotatable bonds is 5. The highest BCUT2D eigenvalue weighted by molar-refractivity contribution is 7.91. The summed E-state index contributed by atoms with van der Waals surface area (Å²) in [6.45, 7) is 2.96. The molecule has 0 aliphatic carbocycles. The van der Waals surface area contributed by atoms with Gasteiger partial charge >= 0.3 is 0 Å². The Balaban J connectivity index is 1.61. The molecule has 0 fully saturated rings. The van der Waals surface area contributed by atoms with Gasteiger partial charge in [0.05, 0.1) is 17.1 Å². The third-order valence-electron chi connectivity index (χ3n) is 4.85. The van der Waals surface area contributed by atoms with Gasteiger partial charge in [0, 0.05) is 24.7 Å². The number of para-hydroxylation sites is 1. The first-order valence-corrected chi connectivity index (χ1v) is 10.9. The monoisotopic (exact) mass is 381 g/mol. The zero-order chi connectivity index (χ0) is 18.9. The Kier molecular flexibility index (Phi) is 4.74. The highest BCUT2D eigenvalue weighted by Crippen LogP contribution is 2.30. The lowest BCUT2D eigenvalue weighted by Crippen LogP contribution is -2.15. The van der Waals surface area contributed by atoms with E-state index in [0.717, 1.165) is 54.0 Å². The lowest BCUT2D eigenvalue weighted by atomic mass is 10.1. The van der Waals surface area contributed by atoms with Crippen LogP contribution < -0.4 is 4.72 Å². The van der Waals surface area contributed by atoms with E-state index in [0.29, 0.717) is 5.69 Å². The van der Waals surface area contributed by atoms with Gasteiger partial charge in [0.1, 0.15) is 5.82 Å². The summed E-state index contributed by atoms with van der Waals surface area (Å²) in [5.74, 6) is 1.02. The molecule has 0 bridgehead atoms. The lowest BCUT2D eigenvalue weighted by molar-refractivity contribution is 0.522. The van der Waals surface area contributed by atoms with E-state index in [-0.39, 0.29) is 5.75 Å². The first-order chi connectivity index (χ1) is 13.0. The molecular formula is C21H23N3O2S. The van der Waals surface area contributed by atoms with Crippen LogP contribution in [0.3, 0.4) is 0 Å². The molecule has 1 N–H and O–H groups in total. The number of hydrogen-bond acceptors (Lipinski definition) is 3. The molecule has 6 heteroatoms. The average molecular weight is 382 g/mol. The van der Waals surface area contributed by atoms with Crippen molar-refractivity contribution in [1.82, 2.24) is 9.55 Å². The quantitative estimate of drug-likeness (QED) is 0.722. The number of sulfonamides is 1. The Morgan fingerprint density at radius 3 is 2.63 bits per heavy atom. The summed E-state index contributed by atoms with van der Waals surface area (Å²) >= 11 is 0. The molecule has 0 unspecified atom stereocenters. The molecule has 0 saturated carbocycles. The van der Waals surface area contributed by atoms with Crippen LogP contribution in [0.25, 0.3) is 11.3 Å². The second-order valence-corrected chi connectivity index (χ2v) is 8.81. The van der Waals surface area contributed by atoms with Gasteiger partial charge in [-0.15, -0.1) is 0 Å². The Morgan fingerprint density at radius 2 is 1.85 bits per heavy atom. The van der Waals surface area contributed by atoms with E-state index in [4.69, 9.17) is 4.98 Å². The molecular weight excluding hydrogens is 358 g/mol. The molecule has 27 heavy (non-hydrogen) atoms. The number of nitrogens with one attached hydrogen (secondary N) is 1. The molecule has 0 radical (unpaired) electrons. The third-order valence-corrected chi connectivity index (χ3v) is 6.10. The minimum atomic E-state index is -3.52. The molecule has 0 amide bonds. The summed E-state index contributed by atoms with van der Waals surface area (Å²) in [6.07, 6.45) is 5.32. The number of nitrogens with zero attached hydrogens (tertiary/aromatic N) is 2. The Bertz CT molecular complexity index is 1030. The Morgan fingerprint density at radius 1 is 1.07 bits per heavy atom. The maximum atomic E-state index is 12.7. The summed E-state index contributed by atoms with van der Waals surface area (Å²) in [5.41, 5.74) is 4.08. The molecule has 2 heterocycles. The highest BCUT2D eigenvalue weighted by Gasteiger charge is 2.18. The van der Waals surface area contributed by atoms with Gasteiger partial charge in [0.2, 0.25) is 10.0 Å². The summed E-state index contributed by atoms with van der Waals surface area (Å²) in [7, 11) is -3.52. The van der Waals surface area contributed by atoms with E-state index in [2.05, 4.69) is 9.29 Å². The molecule has 1 aromatic heterocycles. The molecule has 2 aromatic carbocycles. The number of imidazole rings is 1. The van der Waals surface area contributed by atoms with E-state index in [9.17, 15) is 8.42 Å². The van der Waals surface area contributed by atoms with Gasteiger partial charge in [-0.05, 0) is 31.4 Å². The van der Waals surface area contributed by atoms with Gasteiger partial charge in [-0.2, -0.15) is 0 Å². The van der Waals surface area contributed by atoms with Crippen LogP contribution in [0.4, 0.5) is 5.69 Å². The fourth-order valence-electron chi connectivity index (χ4n) is 3.45. The van der Waals surface area contributed by atoms with Crippen molar-refractivity contribution in [3.05, 3.63) is 71.7 Å². The molecule has 5 nitrogen and oxygen atoms in total. The average Bonchev–Trinajstić information content (AvgIpc) is 3.07.